The Kier molecular flexibility index (Phi) is 4.83. The van der Waals surface area contributed by atoms with Gasteiger partial charge in [-0.1, -0.05) is 19.3 Å². The molecule has 17 heavy (non-hydrogen) atoms. The van der Waals surface area contributed by atoms with Crippen molar-refractivity contribution in [2.45, 2.75) is 38.5 Å². The molecule has 1 aliphatic heterocycles. The maximum atomic E-state index is 6.06. The van der Waals surface area contributed by atoms with Gasteiger partial charge in [-0.05, 0) is 43.7 Å². The first kappa shape index (κ1) is 13.3. The van der Waals surface area contributed by atoms with Crippen LogP contribution in [0.1, 0.15) is 38.5 Å². The lowest BCUT2D eigenvalue weighted by molar-refractivity contribution is 0.114. The minimum atomic E-state index is 0.431. The van der Waals surface area contributed by atoms with Crippen molar-refractivity contribution in [3.8, 4) is 0 Å². The van der Waals surface area contributed by atoms with Crippen molar-refractivity contribution in [1.82, 2.24) is 4.90 Å². The van der Waals surface area contributed by atoms with E-state index in [1.165, 1.54) is 58.2 Å². The van der Waals surface area contributed by atoms with E-state index in [2.05, 4.69) is 4.90 Å². The summed E-state index contributed by atoms with van der Waals surface area (Å²) in [6.07, 6.45) is 8.16. The molecule has 3 heteroatoms. The zero-order chi connectivity index (χ0) is 12.1. The zero-order valence-electron chi connectivity index (χ0n) is 11.3. The molecule has 1 heterocycles. The molecule has 100 valence electrons. The number of hydrogen-bond donors (Lipinski definition) is 1. The molecule has 2 fully saturated rings. The normalized spacial score (nSPS) is 29.6. The molecule has 0 amide bonds. The second-order valence-electron chi connectivity index (χ2n) is 6.11. The number of hydrogen-bond acceptors (Lipinski definition) is 3. The average molecular weight is 240 g/mol. The van der Waals surface area contributed by atoms with E-state index >= 15 is 0 Å². The molecule has 0 radical (unpaired) electrons. The van der Waals surface area contributed by atoms with Crippen molar-refractivity contribution in [3.05, 3.63) is 0 Å². The Hall–Kier alpha value is -0.120. The van der Waals surface area contributed by atoms with Crippen LogP contribution in [0.2, 0.25) is 0 Å². The predicted octanol–water partition coefficient (Wildman–Crippen LogP) is 1.86. The fourth-order valence-corrected chi connectivity index (χ4v) is 3.63. The molecule has 3 nitrogen and oxygen atoms in total. The lowest BCUT2D eigenvalue weighted by atomic mass is 9.74. The van der Waals surface area contributed by atoms with Crippen molar-refractivity contribution < 1.29 is 4.74 Å². The van der Waals surface area contributed by atoms with E-state index in [4.69, 9.17) is 10.5 Å². The zero-order valence-corrected chi connectivity index (χ0v) is 11.3. The van der Waals surface area contributed by atoms with Crippen LogP contribution in [0.4, 0.5) is 0 Å². The first-order valence-electron chi connectivity index (χ1n) is 7.19. The largest absolute Gasteiger partial charge is 0.384 e. The highest BCUT2D eigenvalue weighted by atomic mass is 16.5. The standard InChI is InChI=1S/C14H28N2O/c1-17-10-13-5-8-16(9-13)12-14(11-15)6-3-2-4-7-14/h13H,2-12,15H2,1H3. The molecule has 2 aliphatic rings. The van der Waals surface area contributed by atoms with E-state index in [-0.39, 0.29) is 0 Å². The summed E-state index contributed by atoms with van der Waals surface area (Å²) in [6, 6.07) is 0. The third-order valence-corrected chi connectivity index (χ3v) is 4.68. The van der Waals surface area contributed by atoms with Gasteiger partial charge in [0.25, 0.3) is 0 Å². The number of rotatable bonds is 5. The second-order valence-corrected chi connectivity index (χ2v) is 6.11. The van der Waals surface area contributed by atoms with Crippen LogP contribution in [-0.2, 0) is 4.74 Å². The van der Waals surface area contributed by atoms with Crippen molar-refractivity contribution in [2.24, 2.45) is 17.1 Å². The van der Waals surface area contributed by atoms with Gasteiger partial charge in [-0.3, -0.25) is 0 Å². The molecule has 1 aliphatic carbocycles. The Morgan fingerprint density at radius 3 is 2.71 bits per heavy atom. The van der Waals surface area contributed by atoms with Crippen LogP contribution < -0.4 is 5.73 Å². The smallest absolute Gasteiger partial charge is 0.0503 e. The van der Waals surface area contributed by atoms with E-state index in [9.17, 15) is 0 Å². The third kappa shape index (κ3) is 3.43. The van der Waals surface area contributed by atoms with E-state index in [1.807, 2.05) is 7.11 Å². The Balaban J connectivity index is 1.83. The van der Waals surface area contributed by atoms with Crippen LogP contribution >= 0.6 is 0 Å². The fraction of sp³-hybridized carbons (Fsp3) is 1.00. The topological polar surface area (TPSA) is 38.5 Å². The van der Waals surface area contributed by atoms with Gasteiger partial charge in [0.2, 0.25) is 0 Å². The van der Waals surface area contributed by atoms with Gasteiger partial charge in [0.1, 0.15) is 0 Å². The number of nitrogens with zero attached hydrogens (tertiary/aromatic N) is 1. The highest BCUT2D eigenvalue weighted by molar-refractivity contribution is 4.89. The number of ether oxygens (including phenoxy) is 1. The molecule has 1 atom stereocenters. The SMILES string of the molecule is COCC1CCN(CC2(CN)CCCCC2)C1. The summed E-state index contributed by atoms with van der Waals surface area (Å²) in [7, 11) is 1.81. The number of likely N-dealkylation sites (tertiary alicyclic amines) is 1. The number of nitrogens with two attached hydrogens (primary N) is 1. The van der Waals surface area contributed by atoms with Crippen LogP contribution in [0, 0.1) is 11.3 Å². The van der Waals surface area contributed by atoms with Gasteiger partial charge in [0.15, 0.2) is 0 Å². The highest BCUT2D eigenvalue weighted by Crippen LogP contribution is 2.37. The summed E-state index contributed by atoms with van der Waals surface area (Å²) in [5, 5.41) is 0. The van der Waals surface area contributed by atoms with Crippen LogP contribution in [0.25, 0.3) is 0 Å². The molecule has 2 N–H and O–H groups in total. The molecule has 1 saturated heterocycles. The summed E-state index contributed by atoms with van der Waals surface area (Å²) in [4.78, 5) is 2.63. The summed E-state index contributed by atoms with van der Waals surface area (Å²) in [5.41, 5.74) is 6.49. The summed E-state index contributed by atoms with van der Waals surface area (Å²) < 4.78 is 5.26. The van der Waals surface area contributed by atoms with E-state index in [1.54, 1.807) is 0 Å². The molecule has 0 aromatic carbocycles. The Morgan fingerprint density at radius 1 is 1.29 bits per heavy atom. The van der Waals surface area contributed by atoms with Gasteiger partial charge in [-0.2, -0.15) is 0 Å². The van der Waals surface area contributed by atoms with Crippen LogP contribution in [0.5, 0.6) is 0 Å². The summed E-state index contributed by atoms with van der Waals surface area (Å²) in [5.74, 6) is 0.749. The van der Waals surface area contributed by atoms with E-state index in [0.29, 0.717) is 5.41 Å². The molecule has 0 bridgehead atoms. The van der Waals surface area contributed by atoms with Crippen molar-refractivity contribution >= 4 is 0 Å². The van der Waals surface area contributed by atoms with E-state index in [0.717, 1.165) is 19.1 Å². The third-order valence-electron chi connectivity index (χ3n) is 4.68. The fourth-order valence-electron chi connectivity index (χ4n) is 3.63. The second kappa shape index (κ2) is 6.17. The minimum Gasteiger partial charge on any atom is -0.384 e. The van der Waals surface area contributed by atoms with Gasteiger partial charge >= 0.3 is 0 Å². The Bertz CT molecular complexity index is 226. The molecular formula is C14H28N2O. The van der Waals surface area contributed by atoms with Gasteiger partial charge < -0.3 is 15.4 Å². The first-order valence-corrected chi connectivity index (χ1v) is 7.19. The maximum absolute atomic E-state index is 6.06. The maximum Gasteiger partial charge on any atom is 0.0503 e. The van der Waals surface area contributed by atoms with Crippen LogP contribution in [0.15, 0.2) is 0 Å². The first-order chi connectivity index (χ1) is 8.28. The van der Waals surface area contributed by atoms with Crippen LogP contribution in [-0.4, -0.2) is 44.8 Å². The van der Waals surface area contributed by atoms with E-state index < -0.39 is 0 Å². The average Bonchev–Trinajstić information content (AvgIpc) is 2.78. The molecule has 1 unspecified atom stereocenters. The Labute approximate surface area is 106 Å². The molecule has 0 spiro atoms. The molecule has 0 aromatic heterocycles. The lowest BCUT2D eigenvalue weighted by Crippen LogP contribution is -2.43. The van der Waals surface area contributed by atoms with Crippen LogP contribution in [0.3, 0.4) is 0 Å². The number of methoxy groups -OCH3 is 1. The molecular weight excluding hydrogens is 212 g/mol. The van der Waals surface area contributed by atoms with Crippen molar-refractivity contribution in [3.63, 3.8) is 0 Å². The summed E-state index contributed by atoms with van der Waals surface area (Å²) in [6.45, 7) is 5.49. The predicted molar refractivity (Wildman–Crippen MR) is 71.0 cm³/mol. The summed E-state index contributed by atoms with van der Waals surface area (Å²) >= 11 is 0. The van der Waals surface area contributed by atoms with Gasteiger partial charge in [0, 0.05) is 20.2 Å². The van der Waals surface area contributed by atoms with Gasteiger partial charge in [0.05, 0.1) is 6.61 Å². The molecule has 2 rings (SSSR count). The van der Waals surface area contributed by atoms with Crippen molar-refractivity contribution in [2.75, 3.05) is 39.9 Å². The molecule has 1 saturated carbocycles. The monoisotopic (exact) mass is 240 g/mol. The quantitative estimate of drug-likeness (QED) is 0.797. The van der Waals surface area contributed by atoms with Gasteiger partial charge in [-0.15, -0.1) is 0 Å². The minimum absolute atomic E-state index is 0.431. The Morgan fingerprint density at radius 2 is 2.06 bits per heavy atom. The van der Waals surface area contributed by atoms with Gasteiger partial charge in [-0.25, -0.2) is 0 Å². The molecule has 0 aromatic rings. The lowest BCUT2D eigenvalue weighted by Gasteiger charge is -2.39. The highest BCUT2D eigenvalue weighted by Gasteiger charge is 2.34. The van der Waals surface area contributed by atoms with Crippen molar-refractivity contribution in [1.29, 1.82) is 0 Å².